The van der Waals surface area contributed by atoms with Crippen LogP contribution in [0.15, 0.2) is 36.4 Å². The fraction of sp³-hybridized carbons (Fsp3) is 0.176. The molecule has 0 saturated carbocycles. The average Bonchev–Trinajstić information content (AvgIpc) is 2.55. The predicted molar refractivity (Wildman–Crippen MR) is 87.9 cm³/mol. The van der Waals surface area contributed by atoms with Gasteiger partial charge in [-0.25, -0.2) is 9.18 Å². The largest absolute Gasteiger partial charge is 0.508 e. The fourth-order valence-electron chi connectivity index (χ4n) is 2.02. The Bertz CT molecular complexity index is 791. The van der Waals surface area contributed by atoms with Gasteiger partial charge in [-0.15, -0.1) is 0 Å². The van der Waals surface area contributed by atoms with E-state index in [0.717, 1.165) is 11.0 Å². The number of hydrogen-bond acceptors (Lipinski definition) is 5. The van der Waals surface area contributed by atoms with Crippen LogP contribution in [0.25, 0.3) is 0 Å². The van der Waals surface area contributed by atoms with E-state index in [1.165, 1.54) is 37.4 Å². The number of esters is 1. The molecule has 0 aliphatic carbocycles. The van der Waals surface area contributed by atoms with Crippen LogP contribution >= 0.6 is 11.6 Å². The van der Waals surface area contributed by atoms with Crippen LogP contribution in [-0.4, -0.2) is 40.6 Å². The number of amides is 1. The number of halogens is 2. The van der Waals surface area contributed by atoms with Crippen molar-refractivity contribution in [3.05, 3.63) is 58.4 Å². The number of nitrogens with zero attached hydrogens (tertiary/aromatic N) is 1. The number of phenols is 2. The Balaban J connectivity index is 1.96. The third-order valence-electron chi connectivity index (χ3n) is 3.41. The van der Waals surface area contributed by atoms with Crippen molar-refractivity contribution in [2.75, 3.05) is 13.7 Å². The highest BCUT2D eigenvalue weighted by molar-refractivity contribution is 6.31. The van der Waals surface area contributed by atoms with Crippen molar-refractivity contribution < 1.29 is 28.9 Å². The highest BCUT2D eigenvalue weighted by Crippen LogP contribution is 2.23. The van der Waals surface area contributed by atoms with Gasteiger partial charge in [0.2, 0.25) is 0 Å². The molecule has 0 fully saturated rings. The number of rotatable bonds is 5. The van der Waals surface area contributed by atoms with Crippen molar-refractivity contribution >= 4 is 23.5 Å². The molecule has 0 unspecified atom stereocenters. The number of aromatic hydroxyl groups is 2. The van der Waals surface area contributed by atoms with Gasteiger partial charge in [0.15, 0.2) is 6.61 Å². The Kier molecular flexibility index (Phi) is 5.82. The van der Waals surface area contributed by atoms with E-state index in [1.54, 1.807) is 0 Å². The van der Waals surface area contributed by atoms with Gasteiger partial charge < -0.3 is 19.8 Å². The summed E-state index contributed by atoms with van der Waals surface area (Å²) in [6.07, 6.45) is 0. The van der Waals surface area contributed by atoms with Crippen molar-refractivity contribution in [3.8, 4) is 11.5 Å². The number of carbonyl (C=O) groups excluding carboxylic acids is 2. The van der Waals surface area contributed by atoms with E-state index in [-0.39, 0.29) is 28.4 Å². The number of benzene rings is 2. The van der Waals surface area contributed by atoms with Gasteiger partial charge in [-0.1, -0.05) is 17.7 Å². The van der Waals surface area contributed by atoms with Gasteiger partial charge in [0.05, 0.1) is 0 Å². The van der Waals surface area contributed by atoms with E-state index in [2.05, 4.69) is 0 Å². The summed E-state index contributed by atoms with van der Waals surface area (Å²) in [5.74, 6) is -2.73. The Hall–Kier alpha value is -2.80. The summed E-state index contributed by atoms with van der Waals surface area (Å²) < 4.78 is 18.6. The number of carbonyl (C=O) groups is 2. The Morgan fingerprint density at radius 2 is 1.96 bits per heavy atom. The van der Waals surface area contributed by atoms with Gasteiger partial charge in [0.25, 0.3) is 5.91 Å². The van der Waals surface area contributed by atoms with Crippen LogP contribution in [0.1, 0.15) is 15.9 Å². The van der Waals surface area contributed by atoms with Crippen molar-refractivity contribution in [2.45, 2.75) is 6.54 Å². The lowest BCUT2D eigenvalue weighted by atomic mass is 10.2. The van der Waals surface area contributed by atoms with Crippen LogP contribution in [0.5, 0.6) is 11.5 Å². The SMILES string of the molecule is CN(Cc1c(F)cccc1Cl)C(=O)COC(=O)c1ccc(O)cc1O. The second-order valence-corrected chi connectivity index (χ2v) is 5.63. The smallest absolute Gasteiger partial charge is 0.342 e. The average molecular weight is 368 g/mol. The molecule has 132 valence electrons. The fourth-order valence-corrected chi connectivity index (χ4v) is 2.24. The van der Waals surface area contributed by atoms with E-state index >= 15 is 0 Å². The minimum atomic E-state index is -0.928. The summed E-state index contributed by atoms with van der Waals surface area (Å²) in [6, 6.07) is 7.53. The first-order valence-electron chi connectivity index (χ1n) is 7.15. The van der Waals surface area contributed by atoms with E-state index in [9.17, 15) is 24.2 Å². The number of hydrogen-bond donors (Lipinski definition) is 2. The van der Waals surface area contributed by atoms with Gasteiger partial charge >= 0.3 is 5.97 Å². The topological polar surface area (TPSA) is 87.1 Å². The minimum Gasteiger partial charge on any atom is -0.508 e. The summed E-state index contributed by atoms with van der Waals surface area (Å²) in [6.45, 7) is -0.686. The zero-order valence-corrected chi connectivity index (χ0v) is 14.0. The van der Waals surface area contributed by atoms with Crippen LogP contribution in [0.4, 0.5) is 4.39 Å². The zero-order chi connectivity index (χ0) is 18.6. The maximum atomic E-state index is 13.7. The molecule has 0 aliphatic rings. The lowest BCUT2D eigenvalue weighted by Gasteiger charge is -2.18. The molecule has 0 atom stereocenters. The summed E-state index contributed by atoms with van der Waals surface area (Å²) >= 11 is 5.90. The highest BCUT2D eigenvalue weighted by atomic mass is 35.5. The molecule has 0 bridgehead atoms. The molecule has 0 heterocycles. The summed E-state index contributed by atoms with van der Waals surface area (Å²) in [4.78, 5) is 25.0. The van der Waals surface area contributed by atoms with Crippen LogP contribution in [0, 0.1) is 5.82 Å². The summed E-state index contributed by atoms with van der Waals surface area (Å²) in [5, 5.41) is 18.9. The Morgan fingerprint density at radius 3 is 2.60 bits per heavy atom. The molecule has 0 aliphatic heterocycles. The number of ether oxygens (including phenoxy) is 1. The van der Waals surface area contributed by atoms with Crippen molar-refractivity contribution in [2.24, 2.45) is 0 Å². The molecular weight excluding hydrogens is 353 g/mol. The zero-order valence-electron chi connectivity index (χ0n) is 13.2. The molecule has 2 aromatic carbocycles. The van der Waals surface area contributed by atoms with Crippen molar-refractivity contribution in [3.63, 3.8) is 0 Å². The predicted octanol–water partition coefficient (Wildman–Crippen LogP) is 2.71. The van der Waals surface area contributed by atoms with E-state index in [1.807, 2.05) is 0 Å². The molecule has 2 aromatic rings. The molecule has 0 radical (unpaired) electrons. The first-order valence-corrected chi connectivity index (χ1v) is 7.53. The lowest BCUT2D eigenvalue weighted by molar-refractivity contribution is -0.133. The second kappa shape index (κ2) is 7.85. The van der Waals surface area contributed by atoms with Gasteiger partial charge in [-0.3, -0.25) is 4.79 Å². The Morgan fingerprint density at radius 1 is 1.24 bits per heavy atom. The van der Waals surface area contributed by atoms with Crippen LogP contribution < -0.4 is 0 Å². The van der Waals surface area contributed by atoms with E-state index in [4.69, 9.17) is 16.3 Å². The Labute approximate surface area is 148 Å². The maximum Gasteiger partial charge on any atom is 0.342 e. The standard InChI is InChI=1S/C17H15ClFNO5/c1-20(8-12-13(18)3-2-4-14(12)19)16(23)9-25-17(24)11-6-5-10(21)7-15(11)22/h2-7,21-22H,8-9H2,1H3. The lowest BCUT2D eigenvalue weighted by Crippen LogP contribution is -2.31. The van der Waals surface area contributed by atoms with Crippen LogP contribution in [0.3, 0.4) is 0 Å². The summed E-state index contributed by atoms with van der Waals surface area (Å²) in [5.41, 5.74) is -0.0343. The third-order valence-corrected chi connectivity index (χ3v) is 3.76. The van der Waals surface area contributed by atoms with Crippen LogP contribution in [-0.2, 0) is 16.1 Å². The molecule has 0 aromatic heterocycles. The summed E-state index contributed by atoms with van der Waals surface area (Å²) in [7, 11) is 1.41. The van der Waals surface area contributed by atoms with Gasteiger partial charge in [-0.05, 0) is 24.3 Å². The van der Waals surface area contributed by atoms with E-state index in [0.29, 0.717) is 0 Å². The number of phenolic OH excluding ortho intramolecular Hbond substituents is 2. The first-order chi connectivity index (χ1) is 11.8. The van der Waals surface area contributed by atoms with Crippen LogP contribution in [0.2, 0.25) is 5.02 Å². The maximum absolute atomic E-state index is 13.7. The van der Waals surface area contributed by atoms with Gasteiger partial charge in [0.1, 0.15) is 22.9 Å². The third kappa shape index (κ3) is 4.60. The molecule has 0 saturated heterocycles. The first kappa shape index (κ1) is 18.5. The molecule has 25 heavy (non-hydrogen) atoms. The van der Waals surface area contributed by atoms with E-state index < -0.39 is 30.1 Å². The molecule has 6 nitrogen and oxygen atoms in total. The molecule has 1 amide bonds. The molecular formula is C17H15ClFNO5. The van der Waals surface area contributed by atoms with Gasteiger partial charge in [0, 0.05) is 30.2 Å². The van der Waals surface area contributed by atoms with Gasteiger partial charge in [-0.2, -0.15) is 0 Å². The molecule has 2 rings (SSSR count). The minimum absolute atomic E-state index is 0.0909. The second-order valence-electron chi connectivity index (χ2n) is 5.23. The number of likely N-dealkylation sites (N-methyl/N-ethyl adjacent to an activating group) is 1. The normalized spacial score (nSPS) is 10.4. The van der Waals surface area contributed by atoms with Crippen molar-refractivity contribution in [1.82, 2.24) is 4.90 Å². The highest BCUT2D eigenvalue weighted by Gasteiger charge is 2.18. The molecule has 0 spiro atoms. The monoisotopic (exact) mass is 367 g/mol. The quantitative estimate of drug-likeness (QED) is 0.793. The van der Waals surface area contributed by atoms with Crippen molar-refractivity contribution in [1.29, 1.82) is 0 Å². The molecule has 2 N–H and O–H groups in total. The molecule has 8 heteroatoms.